The van der Waals surface area contributed by atoms with Crippen LogP contribution in [0.25, 0.3) is 0 Å². The third kappa shape index (κ3) is 3.65. The first-order valence-electron chi connectivity index (χ1n) is 3.01. The highest BCUT2D eigenvalue weighted by Crippen LogP contribution is 1.83. The van der Waals surface area contributed by atoms with E-state index >= 15 is 0 Å². The SMILES string of the molecule is C/C=N\N(C)CCC. The van der Waals surface area contributed by atoms with Crippen molar-refractivity contribution in [2.24, 2.45) is 5.10 Å². The largest absolute Gasteiger partial charge is 0.300 e. The van der Waals surface area contributed by atoms with E-state index in [1.807, 2.05) is 19.0 Å². The van der Waals surface area contributed by atoms with Gasteiger partial charge in [-0.05, 0) is 13.3 Å². The number of rotatable bonds is 3. The predicted octanol–water partition coefficient (Wildman–Crippen LogP) is 1.33. The minimum atomic E-state index is 1.05. The summed E-state index contributed by atoms with van der Waals surface area (Å²) in [6.07, 6.45) is 2.96. The van der Waals surface area contributed by atoms with Gasteiger partial charge in [0.05, 0.1) is 0 Å². The Balaban J connectivity index is 3.17. The van der Waals surface area contributed by atoms with E-state index in [-0.39, 0.29) is 0 Å². The number of nitrogens with zero attached hydrogens (tertiary/aromatic N) is 2. The molecule has 0 unspecified atom stereocenters. The van der Waals surface area contributed by atoms with E-state index in [9.17, 15) is 0 Å². The molecule has 0 saturated heterocycles. The average molecular weight is 114 g/mol. The summed E-state index contributed by atoms with van der Waals surface area (Å²) in [5, 5.41) is 5.95. The number of hydrazone groups is 1. The molecular formula is C6H14N2. The van der Waals surface area contributed by atoms with Gasteiger partial charge in [0.1, 0.15) is 0 Å². The fraction of sp³-hybridized carbons (Fsp3) is 0.833. The van der Waals surface area contributed by atoms with E-state index in [1.165, 1.54) is 0 Å². The van der Waals surface area contributed by atoms with Gasteiger partial charge in [0.2, 0.25) is 0 Å². The van der Waals surface area contributed by atoms with Crippen LogP contribution < -0.4 is 0 Å². The second-order valence-corrected chi connectivity index (χ2v) is 1.75. The van der Waals surface area contributed by atoms with Gasteiger partial charge < -0.3 is 5.01 Å². The molecule has 0 aromatic rings. The topological polar surface area (TPSA) is 15.6 Å². The van der Waals surface area contributed by atoms with Crippen molar-refractivity contribution in [3.63, 3.8) is 0 Å². The summed E-state index contributed by atoms with van der Waals surface area (Å²) in [6.45, 7) is 5.11. The molecule has 0 aromatic carbocycles. The lowest BCUT2D eigenvalue weighted by Gasteiger charge is -2.08. The lowest BCUT2D eigenvalue weighted by Crippen LogP contribution is -2.10. The van der Waals surface area contributed by atoms with Gasteiger partial charge >= 0.3 is 0 Å². The molecular weight excluding hydrogens is 100 g/mol. The summed E-state index contributed by atoms with van der Waals surface area (Å²) in [4.78, 5) is 0. The molecule has 0 spiro atoms. The van der Waals surface area contributed by atoms with E-state index in [0.29, 0.717) is 0 Å². The van der Waals surface area contributed by atoms with Crippen molar-refractivity contribution in [1.82, 2.24) is 5.01 Å². The minimum absolute atomic E-state index is 1.05. The lowest BCUT2D eigenvalue weighted by molar-refractivity contribution is 0.356. The summed E-state index contributed by atoms with van der Waals surface area (Å²) >= 11 is 0. The van der Waals surface area contributed by atoms with Gasteiger partial charge in [-0.3, -0.25) is 0 Å². The Morgan fingerprint density at radius 3 is 2.62 bits per heavy atom. The molecule has 0 aliphatic heterocycles. The van der Waals surface area contributed by atoms with E-state index in [0.717, 1.165) is 13.0 Å². The standard InChI is InChI=1S/C6H14N2/c1-4-6-8(3)7-5-2/h5H,4,6H2,1-3H3/b7-5-. The zero-order chi connectivity index (χ0) is 6.41. The molecule has 2 heteroatoms. The van der Waals surface area contributed by atoms with E-state index in [1.54, 1.807) is 6.21 Å². The first-order chi connectivity index (χ1) is 3.81. The molecule has 0 heterocycles. The maximum absolute atomic E-state index is 4.02. The maximum atomic E-state index is 4.02. The van der Waals surface area contributed by atoms with Crippen molar-refractivity contribution in [3.05, 3.63) is 0 Å². The Labute approximate surface area is 51.2 Å². The molecule has 8 heavy (non-hydrogen) atoms. The Kier molecular flexibility index (Phi) is 4.32. The predicted molar refractivity (Wildman–Crippen MR) is 37.1 cm³/mol. The highest BCUT2D eigenvalue weighted by Gasteiger charge is 1.83. The van der Waals surface area contributed by atoms with Crippen LogP contribution >= 0.6 is 0 Å². The van der Waals surface area contributed by atoms with Crippen LogP contribution in [0.15, 0.2) is 5.10 Å². The molecule has 2 nitrogen and oxygen atoms in total. The molecule has 0 fully saturated rings. The third-order valence-electron chi connectivity index (χ3n) is 0.860. The Bertz CT molecular complexity index is 68.9. The first-order valence-corrected chi connectivity index (χ1v) is 3.01. The van der Waals surface area contributed by atoms with Crippen molar-refractivity contribution in [3.8, 4) is 0 Å². The summed E-state index contributed by atoms with van der Waals surface area (Å²) in [7, 11) is 1.98. The first kappa shape index (κ1) is 7.47. The quantitative estimate of drug-likeness (QED) is 0.399. The average Bonchev–Trinajstić information content (AvgIpc) is 1.68. The summed E-state index contributed by atoms with van der Waals surface area (Å²) in [5.41, 5.74) is 0. The van der Waals surface area contributed by atoms with Crippen molar-refractivity contribution in [2.75, 3.05) is 13.6 Å². The van der Waals surface area contributed by atoms with Crippen LogP contribution in [0.3, 0.4) is 0 Å². The molecule has 0 N–H and O–H groups in total. The van der Waals surface area contributed by atoms with Crippen LogP contribution in [0.5, 0.6) is 0 Å². The summed E-state index contributed by atoms with van der Waals surface area (Å²) in [6, 6.07) is 0. The molecule has 48 valence electrons. The fourth-order valence-electron chi connectivity index (χ4n) is 0.578. The van der Waals surface area contributed by atoms with Crippen LogP contribution in [-0.2, 0) is 0 Å². The smallest absolute Gasteiger partial charge is 0.0354 e. The molecule has 0 radical (unpaired) electrons. The normalized spacial score (nSPS) is 10.4. The maximum Gasteiger partial charge on any atom is 0.0354 e. The zero-order valence-corrected chi connectivity index (χ0v) is 5.89. The Hall–Kier alpha value is -0.530. The van der Waals surface area contributed by atoms with Gasteiger partial charge in [-0.25, -0.2) is 0 Å². The Morgan fingerprint density at radius 2 is 2.25 bits per heavy atom. The molecule has 0 aliphatic rings. The highest BCUT2D eigenvalue weighted by molar-refractivity contribution is 5.52. The lowest BCUT2D eigenvalue weighted by atomic mass is 10.5. The molecule has 0 bridgehead atoms. The van der Waals surface area contributed by atoms with E-state index in [4.69, 9.17) is 0 Å². The highest BCUT2D eigenvalue weighted by atomic mass is 15.4. The van der Waals surface area contributed by atoms with Gasteiger partial charge in [-0.15, -0.1) is 0 Å². The third-order valence-corrected chi connectivity index (χ3v) is 0.860. The van der Waals surface area contributed by atoms with Crippen LogP contribution in [0.2, 0.25) is 0 Å². The van der Waals surface area contributed by atoms with Crippen molar-refractivity contribution >= 4 is 6.21 Å². The van der Waals surface area contributed by atoms with Crippen molar-refractivity contribution in [1.29, 1.82) is 0 Å². The number of hydrogen-bond donors (Lipinski definition) is 0. The molecule has 0 saturated carbocycles. The van der Waals surface area contributed by atoms with E-state index in [2.05, 4.69) is 12.0 Å². The van der Waals surface area contributed by atoms with Crippen molar-refractivity contribution < 1.29 is 0 Å². The molecule has 0 amide bonds. The van der Waals surface area contributed by atoms with Gasteiger partial charge in [0.15, 0.2) is 0 Å². The molecule has 0 aromatic heterocycles. The molecule has 0 atom stereocenters. The second kappa shape index (κ2) is 4.62. The minimum Gasteiger partial charge on any atom is -0.300 e. The number of hydrogen-bond acceptors (Lipinski definition) is 2. The monoisotopic (exact) mass is 114 g/mol. The van der Waals surface area contributed by atoms with Crippen LogP contribution in [0.4, 0.5) is 0 Å². The fourth-order valence-corrected chi connectivity index (χ4v) is 0.578. The second-order valence-electron chi connectivity index (χ2n) is 1.75. The van der Waals surface area contributed by atoms with Crippen molar-refractivity contribution in [2.45, 2.75) is 20.3 Å². The van der Waals surface area contributed by atoms with Gasteiger partial charge in [-0.1, -0.05) is 6.92 Å². The van der Waals surface area contributed by atoms with Gasteiger partial charge in [-0.2, -0.15) is 5.10 Å². The van der Waals surface area contributed by atoms with Gasteiger partial charge in [0, 0.05) is 19.8 Å². The van der Waals surface area contributed by atoms with Gasteiger partial charge in [0.25, 0.3) is 0 Å². The van der Waals surface area contributed by atoms with Crippen LogP contribution in [0.1, 0.15) is 20.3 Å². The molecule has 0 rings (SSSR count). The molecule has 0 aliphatic carbocycles. The van der Waals surface area contributed by atoms with E-state index < -0.39 is 0 Å². The summed E-state index contributed by atoms with van der Waals surface area (Å²) in [5.74, 6) is 0. The Morgan fingerprint density at radius 1 is 1.62 bits per heavy atom. The zero-order valence-electron chi connectivity index (χ0n) is 5.89. The summed E-state index contributed by atoms with van der Waals surface area (Å²) < 4.78 is 0. The van der Waals surface area contributed by atoms with Crippen LogP contribution in [0, 0.1) is 0 Å². The van der Waals surface area contributed by atoms with Crippen LogP contribution in [-0.4, -0.2) is 24.8 Å².